The van der Waals surface area contributed by atoms with Crippen molar-refractivity contribution in [3.05, 3.63) is 29.8 Å². The van der Waals surface area contributed by atoms with Gasteiger partial charge in [-0.3, -0.25) is 5.26 Å². The maximum absolute atomic E-state index is 8.11. The second-order valence-electron chi connectivity index (χ2n) is 1.90. The molecule has 3 heteroatoms. The number of thiol groups is 1. The van der Waals surface area contributed by atoms with Gasteiger partial charge in [-0.1, -0.05) is 18.2 Å². The van der Waals surface area contributed by atoms with E-state index < -0.39 is 0 Å². The lowest BCUT2D eigenvalue weighted by Crippen LogP contribution is -1.88. The van der Waals surface area contributed by atoms with Crippen LogP contribution < -0.4 is 0 Å². The Morgan fingerprint density at radius 3 is 2.70 bits per heavy atom. The van der Waals surface area contributed by atoms with E-state index in [1.54, 1.807) is 0 Å². The van der Waals surface area contributed by atoms with Crippen molar-refractivity contribution >= 4 is 12.6 Å². The fraction of sp³-hybridized carbons (Fsp3) is 0.143. The van der Waals surface area contributed by atoms with E-state index in [-0.39, 0.29) is 6.61 Å². The number of rotatable bonds is 2. The zero-order chi connectivity index (χ0) is 7.40. The van der Waals surface area contributed by atoms with E-state index in [1.165, 1.54) is 0 Å². The van der Waals surface area contributed by atoms with Crippen LogP contribution in [0.25, 0.3) is 0 Å². The van der Waals surface area contributed by atoms with Crippen LogP contribution in [-0.4, -0.2) is 5.26 Å². The molecule has 0 amide bonds. The van der Waals surface area contributed by atoms with Crippen molar-refractivity contribution < 1.29 is 10.1 Å². The van der Waals surface area contributed by atoms with Crippen LogP contribution >= 0.6 is 12.6 Å². The normalized spacial score (nSPS) is 9.80. The van der Waals surface area contributed by atoms with E-state index in [9.17, 15) is 0 Å². The molecule has 0 unspecified atom stereocenters. The van der Waals surface area contributed by atoms with Gasteiger partial charge in [-0.25, -0.2) is 4.89 Å². The molecule has 2 nitrogen and oxygen atoms in total. The quantitative estimate of drug-likeness (QED) is 0.389. The summed E-state index contributed by atoms with van der Waals surface area (Å²) in [5, 5.41) is 8.11. The third-order valence-corrected chi connectivity index (χ3v) is 1.65. The van der Waals surface area contributed by atoms with Crippen molar-refractivity contribution in [2.75, 3.05) is 0 Å². The molecule has 1 aromatic rings. The zero-order valence-corrected chi connectivity index (χ0v) is 6.21. The van der Waals surface area contributed by atoms with Crippen LogP contribution in [0.1, 0.15) is 5.56 Å². The molecule has 0 aliphatic carbocycles. The Hall–Kier alpha value is -0.510. The summed E-state index contributed by atoms with van der Waals surface area (Å²) < 4.78 is 0. The predicted molar refractivity (Wildman–Crippen MR) is 41.1 cm³/mol. The molecule has 0 spiro atoms. The lowest BCUT2D eigenvalue weighted by Gasteiger charge is -1.99. The van der Waals surface area contributed by atoms with Gasteiger partial charge in [-0.15, -0.1) is 12.6 Å². The maximum Gasteiger partial charge on any atom is 0.108 e. The van der Waals surface area contributed by atoms with E-state index >= 15 is 0 Å². The minimum Gasteiger partial charge on any atom is -0.251 e. The summed E-state index contributed by atoms with van der Waals surface area (Å²) in [7, 11) is 0. The molecule has 1 rings (SSSR count). The summed E-state index contributed by atoms with van der Waals surface area (Å²) in [5.41, 5.74) is 0.883. The SMILES string of the molecule is OOCc1ccccc1S. The minimum atomic E-state index is 0.194. The van der Waals surface area contributed by atoms with Gasteiger partial charge in [0.25, 0.3) is 0 Å². The average molecular weight is 156 g/mol. The first-order chi connectivity index (χ1) is 4.84. The Labute approximate surface area is 64.8 Å². The second kappa shape index (κ2) is 3.61. The molecule has 0 heterocycles. The molecule has 10 heavy (non-hydrogen) atoms. The smallest absolute Gasteiger partial charge is 0.108 e. The van der Waals surface area contributed by atoms with E-state index in [2.05, 4.69) is 17.5 Å². The van der Waals surface area contributed by atoms with Gasteiger partial charge in [0.15, 0.2) is 0 Å². The number of hydrogen-bond acceptors (Lipinski definition) is 3. The third kappa shape index (κ3) is 1.73. The topological polar surface area (TPSA) is 29.5 Å². The first-order valence-electron chi connectivity index (χ1n) is 2.88. The van der Waals surface area contributed by atoms with E-state index in [0.29, 0.717) is 0 Å². The maximum atomic E-state index is 8.11. The van der Waals surface area contributed by atoms with Crippen LogP contribution in [-0.2, 0) is 11.5 Å². The van der Waals surface area contributed by atoms with Gasteiger partial charge < -0.3 is 0 Å². The highest BCUT2D eigenvalue weighted by Crippen LogP contribution is 2.12. The molecule has 0 aliphatic heterocycles. The van der Waals surface area contributed by atoms with Gasteiger partial charge in [-0.2, -0.15) is 0 Å². The van der Waals surface area contributed by atoms with Crippen molar-refractivity contribution in [3.63, 3.8) is 0 Å². The summed E-state index contributed by atoms with van der Waals surface area (Å²) in [5.74, 6) is 0. The monoisotopic (exact) mass is 156 g/mol. The summed E-state index contributed by atoms with van der Waals surface area (Å²) in [4.78, 5) is 4.79. The van der Waals surface area contributed by atoms with Crippen LogP contribution in [0.5, 0.6) is 0 Å². The first kappa shape index (κ1) is 7.60. The molecule has 0 aliphatic rings. The Morgan fingerprint density at radius 2 is 2.10 bits per heavy atom. The molecule has 0 aromatic heterocycles. The van der Waals surface area contributed by atoms with E-state index in [1.807, 2.05) is 24.3 Å². The lowest BCUT2D eigenvalue weighted by atomic mass is 10.2. The van der Waals surface area contributed by atoms with Gasteiger partial charge in [0.1, 0.15) is 6.61 Å². The Kier molecular flexibility index (Phi) is 2.74. The summed E-state index contributed by atoms with van der Waals surface area (Å²) >= 11 is 4.14. The van der Waals surface area contributed by atoms with Crippen molar-refractivity contribution in [2.45, 2.75) is 11.5 Å². The Morgan fingerprint density at radius 1 is 1.40 bits per heavy atom. The average Bonchev–Trinajstić information content (AvgIpc) is 1.94. The molecule has 0 fully saturated rings. The summed E-state index contributed by atoms with van der Waals surface area (Å²) in [6.45, 7) is 0.194. The molecular formula is C7H8O2S. The third-order valence-electron chi connectivity index (χ3n) is 1.21. The standard InChI is InChI=1S/C7H8O2S/c8-9-5-6-3-1-2-4-7(6)10/h1-4,8,10H,5H2. The molecule has 1 N–H and O–H groups in total. The summed E-state index contributed by atoms with van der Waals surface area (Å²) in [6, 6.07) is 7.44. The highest BCUT2D eigenvalue weighted by atomic mass is 32.1. The Bertz CT molecular complexity index is 213. The first-order valence-corrected chi connectivity index (χ1v) is 3.32. The lowest BCUT2D eigenvalue weighted by molar-refractivity contribution is -0.253. The molecule has 0 atom stereocenters. The largest absolute Gasteiger partial charge is 0.251 e. The molecule has 0 bridgehead atoms. The van der Waals surface area contributed by atoms with Crippen LogP contribution in [0.4, 0.5) is 0 Å². The van der Waals surface area contributed by atoms with Gasteiger partial charge in [0.05, 0.1) is 0 Å². The predicted octanol–water partition coefficient (Wildman–Crippen LogP) is 1.96. The minimum absolute atomic E-state index is 0.194. The van der Waals surface area contributed by atoms with Crippen LogP contribution in [0.3, 0.4) is 0 Å². The van der Waals surface area contributed by atoms with Crippen LogP contribution in [0, 0.1) is 0 Å². The molecule has 0 radical (unpaired) electrons. The summed E-state index contributed by atoms with van der Waals surface area (Å²) in [6.07, 6.45) is 0. The van der Waals surface area contributed by atoms with Crippen LogP contribution in [0.15, 0.2) is 29.2 Å². The second-order valence-corrected chi connectivity index (χ2v) is 2.38. The molecule has 0 saturated carbocycles. The van der Waals surface area contributed by atoms with Gasteiger partial charge in [-0.05, 0) is 11.6 Å². The van der Waals surface area contributed by atoms with Gasteiger partial charge in [0, 0.05) is 4.90 Å². The van der Waals surface area contributed by atoms with E-state index in [4.69, 9.17) is 5.26 Å². The number of hydrogen-bond donors (Lipinski definition) is 2. The molecule has 0 saturated heterocycles. The van der Waals surface area contributed by atoms with Crippen molar-refractivity contribution in [2.24, 2.45) is 0 Å². The fourth-order valence-electron chi connectivity index (χ4n) is 0.702. The van der Waals surface area contributed by atoms with Gasteiger partial charge >= 0.3 is 0 Å². The molecular weight excluding hydrogens is 148 g/mol. The van der Waals surface area contributed by atoms with Crippen molar-refractivity contribution in [1.82, 2.24) is 0 Å². The zero-order valence-electron chi connectivity index (χ0n) is 5.32. The Balaban J connectivity index is 2.81. The fourth-order valence-corrected chi connectivity index (χ4v) is 0.928. The molecule has 54 valence electrons. The van der Waals surface area contributed by atoms with E-state index in [0.717, 1.165) is 10.5 Å². The highest BCUT2D eigenvalue weighted by Gasteiger charge is 1.94. The van der Waals surface area contributed by atoms with Gasteiger partial charge in [0.2, 0.25) is 0 Å². The molecule has 1 aromatic carbocycles. The van der Waals surface area contributed by atoms with Crippen LogP contribution in [0.2, 0.25) is 0 Å². The van der Waals surface area contributed by atoms with Crippen molar-refractivity contribution in [1.29, 1.82) is 0 Å². The number of benzene rings is 1. The highest BCUT2D eigenvalue weighted by molar-refractivity contribution is 7.80. The van der Waals surface area contributed by atoms with Crippen molar-refractivity contribution in [3.8, 4) is 0 Å².